The van der Waals surface area contributed by atoms with E-state index in [-0.39, 0.29) is 18.6 Å². The van der Waals surface area contributed by atoms with Crippen molar-refractivity contribution in [3.8, 4) is 5.75 Å². The monoisotopic (exact) mass is 249 g/mol. The minimum atomic E-state index is -0.0124. The second kappa shape index (κ2) is 5.87. The number of rotatable bonds is 3. The molecule has 1 aromatic carbocycles. The summed E-state index contributed by atoms with van der Waals surface area (Å²) in [6.45, 7) is 5.29. The lowest BCUT2D eigenvalue weighted by Gasteiger charge is -2.22. The van der Waals surface area contributed by atoms with Crippen molar-refractivity contribution in [2.75, 3.05) is 24.7 Å². The molecule has 0 spiro atoms. The standard InChI is InChI=1S/C14H19NO3/c1-11(2)18-10-14(16)15-8-5-9-17-13-7-4-3-6-12(13)15/h3-4,6-7,11H,5,8-10H2,1-2H3. The van der Waals surface area contributed by atoms with E-state index < -0.39 is 0 Å². The zero-order chi connectivity index (χ0) is 13.0. The number of hydrogen-bond acceptors (Lipinski definition) is 3. The van der Waals surface area contributed by atoms with E-state index in [4.69, 9.17) is 9.47 Å². The van der Waals surface area contributed by atoms with E-state index >= 15 is 0 Å². The maximum atomic E-state index is 12.2. The van der Waals surface area contributed by atoms with Gasteiger partial charge in [0.25, 0.3) is 5.91 Å². The highest BCUT2D eigenvalue weighted by Crippen LogP contribution is 2.30. The lowest BCUT2D eigenvalue weighted by atomic mass is 10.2. The summed E-state index contributed by atoms with van der Waals surface area (Å²) in [4.78, 5) is 13.9. The summed E-state index contributed by atoms with van der Waals surface area (Å²) in [5.74, 6) is 0.759. The van der Waals surface area contributed by atoms with Crippen LogP contribution in [-0.4, -0.2) is 31.8 Å². The van der Waals surface area contributed by atoms with Gasteiger partial charge in [-0.25, -0.2) is 0 Å². The lowest BCUT2D eigenvalue weighted by molar-refractivity contribution is -0.124. The Balaban J connectivity index is 2.14. The molecule has 1 aliphatic heterocycles. The third-order valence-electron chi connectivity index (χ3n) is 2.78. The fourth-order valence-electron chi connectivity index (χ4n) is 1.90. The molecule has 0 aliphatic carbocycles. The van der Waals surface area contributed by atoms with Crippen molar-refractivity contribution in [1.29, 1.82) is 0 Å². The molecule has 98 valence electrons. The van der Waals surface area contributed by atoms with Gasteiger partial charge in [0.15, 0.2) is 0 Å². The first-order valence-electron chi connectivity index (χ1n) is 6.32. The molecule has 1 amide bonds. The predicted octanol–water partition coefficient (Wildman–Crippen LogP) is 2.23. The number of anilines is 1. The van der Waals surface area contributed by atoms with Crippen molar-refractivity contribution in [2.45, 2.75) is 26.4 Å². The average molecular weight is 249 g/mol. The zero-order valence-corrected chi connectivity index (χ0v) is 10.9. The molecule has 1 heterocycles. The summed E-state index contributed by atoms with van der Waals surface area (Å²) >= 11 is 0. The Morgan fingerprint density at radius 2 is 2.22 bits per heavy atom. The smallest absolute Gasteiger partial charge is 0.253 e. The molecule has 4 heteroatoms. The summed E-state index contributed by atoms with van der Waals surface area (Å²) in [5, 5.41) is 0. The molecule has 1 aliphatic rings. The Morgan fingerprint density at radius 3 is 3.00 bits per heavy atom. The van der Waals surface area contributed by atoms with Crippen LogP contribution in [0.15, 0.2) is 24.3 Å². The summed E-state index contributed by atoms with van der Waals surface area (Å²) in [6.07, 6.45) is 0.898. The van der Waals surface area contributed by atoms with E-state index in [1.54, 1.807) is 4.90 Å². The van der Waals surface area contributed by atoms with Gasteiger partial charge in [0.1, 0.15) is 12.4 Å². The van der Waals surface area contributed by atoms with Gasteiger partial charge >= 0.3 is 0 Å². The first kappa shape index (κ1) is 12.9. The van der Waals surface area contributed by atoms with Crippen LogP contribution in [0.4, 0.5) is 5.69 Å². The van der Waals surface area contributed by atoms with Crippen LogP contribution in [0.1, 0.15) is 20.3 Å². The van der Waals surface area contributed by atoms with Crippen LogP contribution in [0.5, 0.6) is 5.75 Å². The van der Waals surface area contributed by atoms with Crippen LogP contribution in [0.25, 0.3) is 0 Å². The van der Waals surface area contributed by atoms with Gasteiger partial charge in [-0.1, -0.05) is 12.1 Å². The van der Waals surface area contributed by atoms with Gasteiger partial charge in [0, 0.05) is 6.54 Å². The molecular weight excluding hydrogens is 230 g/mol. The fraction of sp³-hybridized carbons (Fsp3) is 0.500. The maximum Gasteiger partial charge on any atom is 0.253 e. The number of amides is 1. The number of benzene rings is 1. The second-order valence-corrected chi connectivity index (χ2v) is 4.57. The number of hydrogen-bond donors (Lipinski definition) is 0. The van der Waals surface area contributed by atoms with Crippen molar-refractivity contribution >= 4 is 11.6 Å². The van der Waals surface area contributed by atoms with Crippen molar-refractivity contribution in [1.82, 2.24) is 0 Å². The Kier molecular flexibility index (Phi) is 4.20. The summed E-state index contributed by atoms with van der Waals surface area (Å²) < 4.78 is 11.0. The van der Waals surface area contributed by atoms with Crippen molar-refractivity contribution in [3.05, 3.63) is 24.3 Å². The van der Waals surface area contributed by atoms with E-state index in [0.29, 0.717) is 13.2 Å². The fourth-order valence-corrected chi connectivity index (χ4v) is 1.90. The van der Waals surface area contributed by atoms with Crippen LogP contribution in [-0.2, 0) is 9.53 Å². The third kappa shape index (κ3) is 3.01. The van der Waals surface area contributed by atoms with Gasteiger partial charge in [0.05, 0.1) is 18.4 Å². The first-order valence-corrected chi connectivity index (χ1v) is 6.32. The molecule has 4 nitrogen and oxygen atoms in total. The van der Waals surface area contributed by atoms with E-state index in [1.807, 2.05) is 38.1 Å². The third-order valence-corrected chi connectivity index (χ3v) is 2.78. The van der Waals surface area contributed by atoms with E-state index in [2.05, 4.69) is 0 Å². The topological polar surface area (TPSA) is 38.8 Å². The van der Waals surface area contributed by atoms with Gasteiger partial charge in [-0.3, -0.25) is 4.79 Å². The van der Waals surface area contributed by atoms with Gasteiger partial charge in [-0.15, -0.1) is 0 Å². The molecule has 0 saturated carbocycles. The molecule has 0 N–H and O–H groups in total. The molecule has 0 atom stereocenters. The van der Waals surface area contributed by atoms with Crippen LogP contribution >= 0.6 is 0 Å². The van der Waals surface area contributed by atoms with E-state index in [9.17, 15) is 4.79 Å². The second-order valence-electron chi connectivity index (χ2n) is 4.57. The highest BCUT2D eigenvalue weighted by atomic mass is 16.5. The molecular formula is C14H19NO3. The van der Waals surface area contributed by atoms with Gasteiger partial charge in [-0.05, 0) is 32.4 Å². The largest absolute Gasteiger partial charge is 0.491 e. The quantitative estimate of drug-likeness (QED) is 0.824. The summed E-state index contributed by atoms with van der Waals surface area (Å²) in [5.41, 5.74) is 0.840. The molecule has 0 unspecified atom stereocenters. The summed E-state index contributed by atoms with van der Waals surface area (Å²) in [6, 6.07) is 7.63. The van der Waals surface area contributed by atoms with Crippen molar-refractivity contribution < 1.29 is 14.3 Å². The lowest BCUT2D eigenvalue weighted by Crippen LogP contribution is -2.35. The number of nitrogens with zero attached hydrogens (tertiary/aromatic N) is 1. The molecule has 0 radical (unpaired) electrons. The summed E-state index contributed by atoms with van der Waals surface area (Å²) in [7, 11) is 0. The van der Waals surface area contributed by atoms with E-state index in [0.717, 1.165) is 17.9 Å². The Morgan fingerprint density at radius 1 is 1.44 bits per heavy atom. The SMILES string of the molecule is CC(C)OCC(=O)N1CCCOc2ccccc21. The number of para-hydroxylation sites is 2. The van der Waals surface area contributed by atoms with Crippen LogP contribution in [0, 0.1) is 0 Å². The molecule has 0 fully saturated rings. The molecule has 2 rings (SSSR count). The van der Waals surface area contributed by atoms with Gasteiger partial charge < -0.3 is 14.4 Å². The highest BCUT2D eigenvalue weighted by Gasteiger charge is 2.21. The van der Waals surface area contributed by atoms with Crippen LogP contribution < -0.4 is 9.64 Å². The van der Waals surface area contributed by atoms with Crippen molar-refractivity contribution in [3.63, 3.8) is 0 Å². The normalized spacial score (nSPS) is 14.9. The number of carbonyl (C=O) groups excluding carboxylic acids is 1. The predicted molar refractivity (Wildman–Crippen MR) is 70.0 cm³/mol. The van der Waals surface area contributed by atoms with Crippen LogP contribution in [0.3, 0.4) is 0 Å². The highest BCUT2D eigenvalue weighted by molar-refractivity contribution is 5.95. The van der Waals surface area contributed by atoms with Gasteiger partial charge in [-0.2, -0.15) is 0 Å². The number of carbonyl (C=O) groups is 1. The van der Waals surface area contributed by atoms with Crippen molar-refractivity contribution in [2.24, 2.45) is 0 Å². The minimum absolute atomic E-state index is 0.0124. The zero-order valence-electron chi connectivity index (χ0n) is 10.9. The first-order chi connectivity index (χ1) is 8.68. The number of ether oxygens (including phenoxy) is 2. The number of fused-ring (bicyclic) bond motifs is 1. The Bertz CT molecular complexity index is 417. The molecule has 0 saturated heterocycles. The maximum absolute atomic E-state index is 12.2. The molecule has 1 aromatic rings. The minimum Gasteiger partial charge on any atom is -0.491 e. The molecule has 0 bridgehead atoms. The Hall–Kier alpha value is -1.55. The van der Waals surface area contributed by atoms with E-state index in [1.165, 1.54) is 0 Å². The van der Waals surface area contributed by atoms with Crippen LogP contribution in [0.2, 0.25) is 0 Å². The van der Waals surface area contributed by atoms with Gasteiger partial charge in [0.2, 0.25) is 0 Å². The average Bonchev–Trinajstić information content (AvgIpc) is 2.58. The molecule has 18 heavy (non-hydrogen) atoms. The molecule has 0 aromatic heterocycles. The Labute approximate surface area is 107 Å².